The van der Waals surface area contributed by atoms with Gasteiger partial charge >= 0.3 is 0 Å². The summed E-state index contributed by atoms with van der Waals surface area (Å²) in [5.74, 6) is 0.628. The molecule has 0 spiro atoms. The Balaban J connectivity index is 1.35. The predicted octanol–water partition coefficient (Wildman–Crippen LogP) is 2.35. The number of nitrogens with one attached hydrogen (secondary N) is 1. The van der Waals surface area contributed by atoms with Crippen LogP contribution >= 0.6 is 0 Å². The van der Waals surface area contributed by atoms with Gasteiger partial charge in [-0.2, -0.15) is 0 Å². The second-order valence-electron chi connectivity index (χ2n) is 7.86. The molecule has 0 aliphatic carbocycles. The Hall–Kier alpha value is -3.35. The number of hydrogen-bond donors (Lipinski definition) is 1. The van der Waals surface area contributed by atoms with Crippen LogP contribution in [0, 0.1) is 0 Å². The quantitative estimate of drug-likeness (QED) is 0.744. The van der Waals surface area contributed by atoms with Crippen LogP contribution in [-0.4, -0.2) is 53.3 Å². The highest BCUT2D eigenvalue weighted by molar-refractivity contribution is 5.95. The number of ether oxygens (including phenoxy) is 1. The van der Waals surface area contributed by atoms with E-state index in [1.54, 1.807) is 21.9 Å². The van der Waals surface area contributed by atoms with Crippen molar-refractivity contribution >= 4 is 17.7 Å². The van der Waals surface area contributed by atoms with Crippen molar-refractivity contribution in [2.45, 2.75) is 38.9 Å². The smallest absolute Gasteiger partial charge is 0.251 e. The summed E-state index contributed by atoms with van der Waals surface area (Å²) in [6.45, 7) is 4.04. The van der Waals surface area contributed by atoms with Crippen molar-refractivity contribution < 1.29 is 19.1 Å². The molecule has 2 saturated heterocycles. The largest absolute Gasteiger partial charge is 0.494 e. The van der Waals surface area contributed by atoms with Gasteiger partial charge < -0.3 is 19.9 Å². The average molecular weight is 421 g/mol. The molecule has 4 rings (SSSR count). The minimum atomic E-state index is -0.300. The lowest BCUT2D eigenvalue weighted by Crippen LogP contribution is -2.56. The highest BCUT2D eigenvalue weighted by Gasteiger charge is 2.41. The number of fused-ring (bicyclic) bond motifs is 1. The molecule has 0 saturated carbocycles. The molecule has 162 valence electrons. The fraction of sp³-hybridized carbons (Fsp3) is 0.375. The summed E-state index contributed by atoms with van der Waals surface area (Å²) in [4.78, 5) is 40.8. The summed E-state index contributed by atoms with van der Waals surface area (Å²) in [6, 6.07) is 14.5. The Morgan fingerprint density at radius 1 is 1.13 bits per heavy atom. The lowest BCUT2D eigenvalue weighted by molar-refractivity contribution is -0.154. The summed E-state index contributed by atoms with van der Waals surface area (Å²) in [7, 11) is 0. The molecule has 0 radical (unpaired) electrons. The third kappa shape index (κ3) is 4.55. The molecule has 3 amide bonds. The van der Waals surface area contributed by atoms with E-state index in [1.807, 2.05) is 43.3 Å². The first-order valence-corrected chi connectivity index (χ1v) is 10.7. The van der Waals surface area contributed by atoms with Crippen molar-refractivity contribution in [1.82, 2.24) is 15.1 Å². The molecule has 2 heterocycles. The lowest BCUT2D eigenvalue weighted by atomic mass is 10.1. The van der Waals surface area contributed by atoms with Gasteiger partial charge in [0.15, 0.2) is 0 Å². The third-order valence-corrected chi connectivity index (χ3v) is 5.80. The number of nitrogens with zero attached hydrogens (tertiary/aromatic N) is 2. The summed E-state index contributed by atoms with van der Waals surface area (Å²) in [5.41, 5.74) is 2.36. The van der Waals surface area contributed by atoms with E-state index >= 15 is 0 Å². The van der Waals surface area contributed by atoms with Crippen LogP contribution < -0.4 is 10.1 Å². The SMILES string of the molecule is CCOc1ccccc1CNC(=O)c1ccc(CN2CC(=O)N3CCC[C@H]3C2=O)cc1. The van der Waals surface area contributed by atoms with Crippen molar-refractivity contribution in [3.8, 4) is 5.75 Å². The zero-order valence-electron chi connectivity index (χ0n) is 17.7. The molecule has 1 atom stereocenters. The highest BCUT2D eigenvalue weighted by Crippen LogP contribution is 2.25. The van der Waals surface area contributed by atoms with Gasteiger partial charge in [-0.25, -0.2) is 0 Å². The Labute approximate surface area is 182 Å². The minimum absolute atomic E-state index is 0.0189. The van der Waals surface area contributed by atoms with Gasteiger partial charge in [0, 0.05) is 30.8 Å². The number of benzene rings is 2. The minimum Gasteiger partial charge on any atom is -0.494 e. The van der Waals surface area contributed by atoms with E-state index in [-0.39, 0.29) is 30.3 Å². The van der Waals surface area contributed by atoms with Crippen molar-refractivity contribution in [2.24, 2.45) is 0 Å². The van der Waals surface area contributed by atoms with Crippen LogP contribution in [0.2, 0.25) is 0 Å². The normalized spacial score (nSPS) is 18.2. The molecule has 2 aliphatic heterocycles. The van der Waals surface area contributed by atoms with Gasteiger partial charge in [0.2, 0.25) is 11.8 Å². The molecule has 0 bridgehead atoms. The van der Waals surface area contributed by atoms with E-state index < -0.39 is 0 Å². The Kier molecular flexibility index (Phi) is 6.21. The summed E-state index contributed by atoms with van der Waals surface area (Å²) in [5, 5.41) is 2.92. The fourth-order valence-corrected chi connectivity index (χ4v) is 4.20. The molecule has 0 aromatic heterocycles. The zero-order valence-corrected chi connectivity index (χ0v) is 17.7. The topological polar surface area (TPSA) is 79.0 Å². The first kappa shape index (κ1) is 20.9. The molecule has 7 nitrogen and oxygen atoms in total. The van der Waals surface area contributed by atoms with Crippen LogP contribution in [0.25, 0.3) is 0 Å². The van der Waals surface area contributed by atoms with Gasteiger partial charge in [0.05, 0.1) is 6.61 Å². The highest BCUT2D eigenvalue weighted by atomic mass is 16.5. The van der Waals surface area contributed by atoms with Gasteiger partial charge in [0.1, 0.15) is 18.3 Å². The van der Waals surface area contributed by atoms with E-state index in [1.165, 1.54) is 0 Å². The van der Waals surface area contributed by atoms with Crippen molar-refractivity contribution in [3.63, 3.8) is 0 Å². The van der Waals surface area contributed by atoms with Crippen molar-refractivity contribution in [3.05, 3.63) is 65.2 Å². The van der Waals surface area contributed by atoms with Gasteiger partial charge in [-0.05, 0) is 43.5 Å². The van der Waals surface area contributed by atoms with Crippen LogP contribution in [0.4, 0.5) is 0 Å². The maximum absolute atomic E-state index is 12.7. The van der Waals surface area contributed by atoms with E-state index in [4.69, 9.17) is 4.74 Å². The molecule has 1 N–H and O–H groups in total. The molecule has 0 unspecified atom stereocenters. The van der Waals surface area contributed by atoms with Gasteiger partial charge in [-0.3, -0.25) is 14.4 Å². The monoisotopic (exact) mass is 421 g/mol. The number of carbonyl (C=O) groups excluding carboxylic acids is 3. The standard InChI is InChI=1S/C24H27N3O4/c1-2-31-21-8-4-3-6-19(21)14-25-23(29)18-11-9-17(10-12-18)15-26-16-22(28)27-13-5-7-20(27)24(26)30/h3-4,6,8-12,20H,2,5,7,13-16H2,1H3,(H,25,29)/t20-/m0/s1. The summed E-state index contributed by atoms with van der Waals surface area (Å²) < 4.78 is 5.59. The van der Waals surface area contributed by atoms with Crippen LogP contribution in [-0.2, 0) is 22.7 Å². The van der Waals surface area contributed by atoms with Crippen LogP contribution in [0.3, 0.4) is 0 Å². The van der Waals surface area contributed by atoms with Crippen molar-refractivity contribution in [1.29, 1.82) is 0 Å². The number of amides is 3. The maximum Gasteiger partial charge on any atom is 0.251 e. The third-order valence-electron chi connectivity index (χ3n) is 5.80. The van der Waals surface area contributed by atoms with Gasteiger partial charge in [-0.15, -0.1) is 0 Å². The Morgan fingerprint density at radius 2 is 1.90 bits per heavy atom. The van der Waals surface area contributed by atoms with E-state index in [0.717, 1.165) is 29.7 Å². The van der Waals surface area contributed by atoms with E-state index in [0.29, 0.717) is 31.8 Å². The maximum atomic E-state index is 12.7. The van der Waals surface area contributed by atoms with E-state index in [2.05, 4.69) is 5.32 Å². The van der Waals surface area contributed by atoms with E-state index in [9.17, 15) is 14.4 Å². The molecule has 2 aromatic carbocycles. The molecule has 31 heavy (non-hydrogen) atoms. The first-order valence-electron chi connectivity index (χ1n) is 10.7. The number of para-hydroxylation sites is 1. The first-order chi connectivity index (χ1) is 15.1. The second kappa shape index (κ2) is 9.20. The molecule has 2 fully saturated rings. The van der Waals surface area contributed by atoms with Gasteiger partial charge in [-0.1, -0.05) is 30.3 Å². The predicted molar refractivity (Wildman–Crippen MR) is 115 cm³/mol. The molecular weight excluding hydrogens is 394 g/mol. The average Bonchev–Trinajstić information content (AvgIpc) is 3.28. The van der Waals surface area contributed by atoms with Crippen molar-refractivity contribution in [2.75, 3.05) is 19.7 Å². The number of carbonyl (C=O) groups is 3. The lowest BCUT2D eigenvalue weighted by Gasteiger charge is -2.36. The molecule has 2 aromatic rings. The summed E-state index contributed by atoms with van der Waals surface area (Å²) in [6.07, 6.45) is 1.63. The molecule has 2 aliphatic rings. The Bertz CT molecular complexity index is 973. The molecule has 7 heteroatoms. The molecular formula is C24H27N3O4. The number of piperazine rings is 1. The second-order valence-corrected chi connectivity index (χ2v) is 7.86. The number of hydrogen-bond acceptors (Lipinski definition) is 4. The zero-order chi connectivity index (χ0) is 21.8. The van der Waals surface area contributed by atoms with Crippen LogP contribution in [0.1, 0.15) is 41.3 Å². The number of rotatable bonds is 7. The fourth-order valence-electron chi connectivity index (χ4n) is 4.20. The summed E-state index contributed by atoms with van der Waals surface area (Å²) >= 11 is 0. The van der Waals surface area contributed by atoms with Crippen LogP contribution in [0.15, 0.2) is 48.5 Å². The van der Waals surface area contributed by atoms with Gasteiger partial charge in [0.25, 0.3) is 5.91 Å². The van der Waals surface area contributed by atoms with Crippen LogP contribution in [0.5, 0.6) is 5.75 Å². The Morgan fingerprint density at radius 3 is 2.68 bits per heavy atom.